The second-order valence-electron chi connectivity index (χ2n) is 7.05. The fourth-order valence-electron chi connectivity index (χ4n) is 3.38. The summed E-state index contributed by atoms with van der Waals surface area (Å²) in [6.07, 6.45) is 0.679. The summed E-state index contributed by atoms with van der Waals surface area (Å²) in [5, 5.41) is 8.30. The standard InChI is InChI=1S/C24H18FN3O4/c1-3-14-4-11-20(27-26-17-8-6-16(25)7-9-17)21(12-14)28-22(29)18-10-5-15(24(31)32-2)13-19(18)23(28)30/h4-13H,3H2,1-2H3. The number of carbonyl (C=O) groups is 3. The van der Waals surface area contributed by atoms with Crippen LogP contribution in [-0.2, 0) is 11.2 Å². The maximum Gasteiger partial charge on any atom is 0.337 e. The molecule has 0 saturated heterocycles. The van der Waals surface area contributed by atoms with Crippen LogP contribution in [0.4, 0.5) is 21.5 Å². The van der Waals surface area contributed by atoms with Crippen molar-refractivity contribution in [1.29, 1.82) is 0 Å². The second kappa shape index (κ2) is 8.50. The van der Waals surface area contributed by atoms with E-state index in [2.05, 4.69) is 10.2 Å². The minimum Gasteiger partial charge on any atom is -0.465 e. The summed E-state index contributed by atoms with van der Waals surface area (Å²) in [6.45, 7) is 1.95. The van der Waals surface area contributed by atoms with Crippen LogP contribution in [0.5, 0.6) is 0 Å². The summed E-state index contributed by atoms with van der Waals surface area (Å²) in [7, 11) is 1.24. The van der Waals surface area contributed by atoms with E-state index >= 15 is 0 Å². The molecule has 1 heterocycles. The monoisotopic (exact) mass is 431 g/mol. The number of benzene rings is 3. The van der Waals surface area contributed by atoms with Crippen LogP contribution >= 0.6 is 0 Å². The summed E-state index contributed by atoms with van der Waals surface area (Å²) in [6, 6.07) is 14.9. The molecule has 0 unspecified atom stereocenters. The molecule has 7 nitrogen and oxygen atoms in total. The topological polar surface area (TPSA) is 88.4 Å². The van der Waals surface area contributed by atoms with Gasteiger partial charge in [0.25, 0.3) is 11.8 Å². The lowest BCUT2D eigenvalue weighted by atomic mass is 10.1. The maximum atomic E-state index is 13.2. The summed E-state index contributed by atoms with van der Waals surface area (Å²) in [4.78, 5) is 39.2. The average Bonchev–Trinajstić information content (AvgIpc) is 3.07. The molecule has 0 aliphatic carbocycles. The Morgan fingerprint density at radius 1 is 0.938 bits per heavy atom. The van der Waals surface area contributed by atoms with Crippen LogP contribution in [0.25, 0.3) is 0 Å². The molecule has 160 valence electrons. The summed E-state index contributed by atoms with van der Waals surface area (Å²) < 4.78 is 17.8. The summed E-state index contributed by atoms with van der Waals surface area (Å²) in [5.74, 6) is -2.09. The largest absolute Gasteiger partial charge is 0.465 e. The molecule has 1 aliphatic heterocycles. The number of rotatable bonds is 5. The Morgan fingerprint density at radius 3 is 2.34 bits per heavy atom. The molecule has 3 aromatic rings. The number of hydrogen-bond donors (Lipinski definition) is 0. The molecule has 3 aromatic carbocycles. The van der Waals surface area contributed by atoms with Gasteiger partial charge in [0.15, 0.2) is 0 Å². The van der Waals surface area contributed by atoms with Crippen LogP contribution in [0.3, 0.4) is 0 Å². The molecule has 0 atom stereocenters. The van der Waals surface area contributed by atoms with Gasteiger partial charge in [-0.1, -0.05) is 13.0 Å². The first-order valence-electron chi connectivity index (χ1n) is 9.84. The Kier molecular flexibility index (Phi) is 5.59. The van der Waals surface area contributed by atoms with Crippen molar-refractivity contribution in [2.24, 2.45) is 10.2 Å². The third-order valence-corrected chi connectivity index (χ3v) is 5.10. The third kappa shape index (κ3) is 3.78. The fraction of sp³-hybridized carbons (Fsp3) is 0.125. The number of hydrogen-bond acceptors (Lipinski definition) is 6. The number of nitrogens with zero attached hydrogens (tertiary/aromatic N) is 3. The van der Waals surface area contributed by atoms with E-state index in [1.807, 2.05) is 13.0 Å². The number of anilines is 1. The number of imide groups is 1. The van der Waals surface area contributed by atoms with Crippen molar-refractivity contribution >= 4 is 34.8 Å². The predicted octanol–water partition coefficient (Wildman–Crippen LogP) is 5.39. The third-order valence-electron chi connectivity index (χ3n) is 5.10. The van der Waals surface area contributed by atoms with Gasteiger partial charge in [-0.25, -0.2) is 14.1 Å². The van der Waals surface area contributed by atoms with Crippen LogP contribution in [0.1, 0.15) is 43.6 Å². The van der Waals surface area contributed by atoms with Crippen LogP contribution in [0.2, 0.25) is 0 Å². The van der Waals surface area contributed by atoms with Crippen LogP contribution in [0, 0.1) is 5.82 Å². The van der Waals surface area contributed by atoms with Gasteiger partial charge >= 0.3 is 5.97 Å². The number of esters is 1. The molecule has 0 aromatic heterocycles. The zero-order valence-corrected chi connectivity index (χ0v) is 17.3. The Balaban J connectivity index is 1.76. The number of halogens is 1. The highest BCUT2D eigenvalue weighted by Crippen LogP contribution is 2.37. The minimum absolute atomic E-state index is 0.112. The first-order valence-corrected chi connectivity index (χ1v) is 9.84. The van der Waals surface area contributed by atoms with Gasteiger partial charge in [-0.05, 0) is 66.6 Å². The zero-order valence-electron chi connectivity index (χ0n) is 17.3. The molecule has 0 spiro atoms. The van der Waals surface area contributed by atoms with Gasteiger partial charge in [0.2, 0.25) is 0 Å². The lowest BCUT2D eigenvalue weighted by Crippen LogP contribution is -2.29. The highest BCUT2D eigenvalue weighted by molar-refractivity contribution is 6.35. The van der Waals surface area contributed by atoms with Crippen molar-refractivity contribution < 1.29 is 23.5 Å². The average molecular weight is 431 g/mol. The minimum atomic E-state index is -0.603. The van der Waals surface area contributed by atoms with E-state index in [0.29, 0.717) is 17.8 Å². The van der Waals surface area contributed by atoms with E-state index in [4.69, 9.17) is 4.74 Å². The number of aryl methyl sites for hydroxylation is 1. The van der Waals surface area contributed by atoms with Gasteiger partial charge in [-0.3, -0.25) is 9.59 Å². The van der Waals surface area contributed by atoms with E-state index in [1.54, 1.807) is 12.1 Å². The molecule has 4 rings (SSSR count). The summed E-state index contributed by atoms with van der Waals surface area (Å²) in [5.41, 5.74) is 2.37. The van der Waals surface area contributed by atoms with Crippen molar-refractivity contribution in [3.63, 3.8) is 0 Å². The Morgan fingerprint density at radius 2 is 1.66 bits per heavy atom. The first kappa shape index (κ1) is 21.0. The van der Waals surface area contributed by atoms with Crippen LogP contribution in [0.15, 0.2) is 70.9 Å². The quantitative estimate of drug-likeness (QED) is 0.308. The molecule has 2 amide bonds. The number of carbonyl (C=O) groups excluding carboxylic acids is 3. The summed E-state index contributed by atoms with van der Waals surface area (Å²) >= 11 is 0. The Bertz CT molecular complexity index is 1270. The SMILES string of the molecule is CCc1ccc(N=Nc2ccc(F)cc2)c(N2C(=O)c3ccc(C(=O)OC)cc3C2=O)c1. The van der Waals surface area contributed by atoms with Gasteiger partial charge in [0.05, 0.1) is 35.2 Å². The van der Waals surface area contributed by atoms with E-state index in [-0.39, 0.29) is 22.4 Å². The van der Waals surface area contributed by atoms with E-state index in [0.717, 1.165) is 10.5 Å². The fourth-order valence-corrected chi connectivity index (χ4v) is 3.38. The van der Waals surface area contributed by atoms with Crippen molar-refractivity contribution in [3.05, 3.63) is 88.7 Å². The second-order valence-corrected chi connectivity index (χ2v) is 7.05. The van der Waals surface area contributed by atoms with E-state index in [9.17, 15) is 18.8 Å². The highest BCUT2D eigenvalue weighted by atomic mass is 19.1. The molecule has 0 N–H and O–H groups in total. The lowest BCUT2D eigenvalue weighted by molar-refractivity contribution is 0.0600. The van der Waals surface area contributed by atoms with Crippen molar-refractivity contribution in [2.75, 3.05) is 12.0 Å². The van der Waals surface area contributed by atoms with E-state index in [1.165, 1.54) is 49.6 Å². The zero-order chi connectivity index (χ0) is 22.8. The Labute approximate surface area is 183 Å². The van der Waals surface area contributed by atoms with Crippen molar-refractivity contribution in [1.82, 2.24) is 0 Å². The highest BCUT2D eigenvalue weighted by Gasteiger charge is 2.38. The van der Waals surface area contributed by atoms with Crippen molar-refractivity contribution in [3.8, 4) is 0 Å². The van der Waals surface area contributed by atoms with Gasteiger partial charge in [0.1, 0.15) is 11.5 Å². The molecule has 0 saturated carbocycles. The van der Waals surface area contributed by atoms with Crippen LogP contribution < -0.4 is 4.90 Å². The number of amides is 2. The first-order chi connectivity index (χ1) is 15.4. The predicted molar refractivity (Wildman–Crippen MR) is 115 cm³/mol. The Hall–Kier alpha value is -4.20. The molecule has 8 heteroatoms. The maximum absolute atomic E-state index is 13.2. The van der Waals surface area contributed by atoms with Crippen LogP contribution in [-0.4, -0.2) is 24.9 Å². The molecular weight excluding hydrogens is 413 g/mol. The molecule has 1 aliphatic rings. The molecule has 32 heavy (non-hydrogen) atoms. The number of ether oxygens (including phenoxy) is 1. The van der Waals surface area contributed by atoms with Gasteiger partial charge in [-0.15, -0.1) is 5.11 Å². The van der Waals surface area contributed by atoms with Gasteiger partial charge in [0, 0.05) is 0 Å². The van der Waals surface area contributed by atoms with Gasteiger partial charge in [-0.2, -0.15) is 5.11 Å². The van der Waals surface area contributed by atoms with E-state index < -0.39 is 23.6 Å². The normalized spacial score (nSPS) is 13.0. The van der Waals surface area contributed by atoms with Gasteiger partial charge < -0.3 is 4.74 Å². The number of methoxy groups -OCH3 is 1. The molecule has 0 bridgehead atoms. The molecular formula is C24H18FN3O4. The smallest absolute Gasteiger partial charge is 0.337 e. The number of azo groups is 1. The molecule has 0 radical (unpaired) electrons. The number of fused-ring (bicyclic) bond motifs is 1. The molecule has 0 fully saturated rings. The lowest BCUT2D eigenvalue weighted by Gasteiger charge is -2.17. The van der Waals surface area contributed by atoms with Crippen molar-refractivity contribution in [2.45, 2.75) is 13.3 Å².